The highest BCUT2D eigenvalue weighted by molar-refractivity contribution is 7.47. The van der Waals surface area contributed by atoms with Gasteiger partial charge in [-0.1, -0.05) is 90.4 Å². The number of fused-ring (bicyclic) bond motifs is 2. The first-order valence-corrected chi connectivity index (χ1v) is 27.1. The number of unbranched alkanes of at least 4 members (excludes halogenated alkanes) is 15. The van der Waals surface area contributed by atoms with Crippen LogP contribution in [-0.2, 0) is 37.5 Å². The van der Waals surface area contributed by atoms with Crippen molar-refractivity contribution in [3.63, 3.8) is 0 Å². The largest absolute Gasteiger partial charge is 0.737 e. The molecule has 400 valence electrons. The molecular formula is C49H74BF2N6O13P. The fourth-order valence-electron chi connectivity index (χ4n) is 8.78. The topological polar surface area (TPSA) is 244 Å². The third-order valence-corrected chi connectivity index (χ3v) is 13.6. The van der Waals surface area contributed by atoms with Gasteiger partial charge in [0.15, 0.2) is 11.8 Å². The van der Waals surface area contributed by atoms with Gasteiger partial charge in [0, 0.05) is 68.8 Å². The fraction of sp³-hybridized carbons (Fsp3) is 0.633. The molecule has 1 aromatic heterocycles. The molecule has 0 aliphatic carbocycles. The molecule has 1 amide bonds. The van der Waals surface area contributed by atoms with Gasteiger partial charge in [-0.25, -0.2) is 4.57 Å². The predicted molar refractivity (Wildman–Crippen MR) is 271 cm³/mol. The third kappa shape index (κ3) is 20.0. The smallest absolute Gasteiger partial charge is 0.462 e. The Morgan fingerprint density at radius 3 is 2.08 bits per heavy atom. The molecule has 23 heteroatoms. The van der Waals surface area contributed by atoms with Crippen molar-refractivity contribution in [2.24, 2.45) is 0 Å². The number of nitrogens with one attached hydrogen (secondary N) is 2. The van der Waals surface area contributed by atoms with E-state index >= 15 is 8.63 Å². The lowest BCUT2D eigenvalue weighted by Gasteiger charge is -2.30. The number of halogens is 2. The summed E-state index contributed by atoms with van der Waals surface area (Å²) in [4.78, 5) is 69.3. The Morgan fingerprint density at radius 2 is 1.42 bits per heavy atom. The summed E-state index contributed by atoms with van der Waals surface area (Å²) in [5.41, 5.74) is 1.86. The van der Waals surface area contributed by atoms with Gasteiger partial charge in [0.25, 0.3) is 11.4 Å². The van der Waals surface area contributed by atoms with Crippen LogP contribution >= 0.6 is 7.82 Å². The average Bonchev–Trinajstić information content (AvgIpc) is 3.89. The summed E-state index contributed by atoms with van der Waals surface area (Å²) in [7, 11) is -4.75. The predicted octanol–water partition coefficient (Wildman–Crippen LogP) is 10.9. The maximum absolute atomic E-state index is 15.9. The Bertz CT molecular complexity index is 2290. The number of nitro groups is 2. The number of hydrogen-bond acceptors (Lipinski definition) is 13. The van der Waals surface area contributed by atoms with Crippen LogP contribution in [0.1, 0.15) is 165 Å². The zero-order chi connectivity index (χ0) is 52.5. The van der Waals surface area contributed by atoms with Crippen molar-refractivity contribution in [3.05, 3.63) is 79.3 Å². The number of carbonyl (C=O) groups is 3. The molecule has 2 aromatic rings. The Hall–Kier alpha value is -5.31. The third-order valence-electron chi connectivity index (χ3n) is 12.6. The number of phosphoric acid groups is 1. The van der Waals surface area contributed by atoms with Crippen molar-refractivity contribution in [1.82, 2.24) is 9.79 Å². The van der Waals surface area contributed by atoms with Gasteiger partial charge < -0.3 is 42.6 Å². The van der Waals surface area contributed by atoms with Gasteiger partial charge in [0.05, 0.1) is 29.1 Å². The van der Waals surface area contributed by atoms with Crippen LogP contribution in [0.4, 0.5) is 25.7 Å². The number of esters is 2. The molecule has 2 atom stereocenters. The van der Waals surface area contributed by atoms with E-state index in [1.165, 1.54) is 57.4 Å². The van der Waals surface area contributed by atoms with Crippen molar-refractivity contribution < 1.29 is 65.3 Å². The molecule has 3 heterocycles. The molecule has 4 rings (SSSR count). The minimum atomic E-state index is -4.75. The van der Waals surface area contributed by atoms with E-state index in [9.17, 15) is 44.1 Å². The number of non-ortho nitro benzene ring substituents is 1. The molecule has 0 bridgehead atoms. The maximum Gasteiger partial charge on any atom is 0.737 e. The van der Waals surface area contributed by atoms with Gasteiger partial charge in [0.1, 0.15) is 18.0 Å². The van der Waals surface area contributed by atoms with Crippen LogP contribution in [0.15, 0.2) is 42.1 Å². The number of aromatic nitrogens is 1. The van der Waals surface area contributed by atoms with Crippen molar-refractivity contribution in [2.45, 2.75) is 168 Å². The standard InChI is InChI=1S/C49H74BF2N6O13P/c1-4-5-6-7-8-9-10-11-12-13-14-15-18-24-48(60)68-36-43(71-49(61)25-20-19-22-40-26-27-41-34-45-38(2)33-39(3)55(45)50(51,52)56(40)41)37-70-72(66,67)69-32-31-54-47(59)23-17-16-21-30-53-44-29-28-42(57(62)63)35-46(44)58(64)65/h26-29,33-35,43,53H,4-25,30-32,36-37H2,1-3H3,(H,54,59)(H,66,67). The SMILES string of the molecule is CCCCCCCCCCCCCCCC(=O)OCC(COP(=O)(O)OCCNC(=O)CCCCCNc1ccc([N+](=O)[O-])cc1[N+](=O)[O-])OC(=O)CCCCC1=[N+]2C(=Cc3c(C)cc(C)n3[B-]2(F)F)C=C1. The number of allylic oxidation sites excluding steroid dienone is 2. The fourth-order valence-corrected chi connectivity index (χ4v) is 9.53. The molecule has 1 aromatic carbocycles. The number of anilines is 1. The second-order valence-electron chi connectivity index (χ2n) is 18.5. The first kappa shape index (κ1) is 59.3. The Labute approximate surface area is 421 Å². The van der Waals surface area contributed by atoms with E-state index < -0.39 is 73.9 Å². The maximum atomic E-state index is 15.9. The van der Waals surface area contributed by atoms with E-state index in [-0.39, 0.29) is 50.2 Å². The number of nitro benzene ring substituents is 2. The molecular weight excluding hydrogens is 960 g/mol. The van der Waals surface area contributed by atoms with Gasteiger partial charge in [-0.15, -0.1) is 0 Å². The molecule has 19 nitrogen and oxygen atoms in total. The lowest BCUT2D eigenvalue weighted by atomic mass is 9.90. The normalized spacial score (nSPS) is 14.8. The van der Waals surface area contributed by atoms with Crippen LogP contribution < -0.4 is 10.6 Å². The van der Waals surface area contributed by atoms with E-state index in [0.717, 1.165) is 52.3 Å². The molecule has 2 aliphatic heterocycles. The van der Waals surface area contributed by atoms with Gasteiger partial charge in [-0.05, 0) is 69.3 Å². The van der Waals surface area contributed by atoms with Gasteiger partial charge in [-0.3, -0.25) is 43.7 Å². The number of ether oxygens (including phenoxy) is 2. The molecule has 0 saturated heterocycles. The summed E-state index contributed by atoms with van der Waals surface area (Å²) in [5, 5.41) is 27.7. The number of aryl methyl sites for hydroxylation is 2. The molecule has 3 N–H and O–H groups in total. The molecule has 0 fully saturated rings. The second-order valence-corrected chi connectivity index (χ2v) is 19.9. The monoisotopic (exact) mass is 1030 g/mol. The molecule has 0 spiro atoms. The van der Waals surface area contributed by atoms with E-state index in [1.54, 1.807) is 38.1 Å². The summed E-state index contributed by atoms with van der Waals surface area (Å²) in [6, 6.07) is 5.05. The Morgan fingerprint density at radius 1 is 0.792 bits per heavy atom. The second kappa shape index (κ2) is 30.7. The summed E-state index contributed by atoms with van der Waals surface area (Å²) < 4.78 is 67.7. The van der Waals surface area contributed by atoms with Crippen molar-refractivity contribution in [1.29, 1.82) is 0 Å². The van der Waals surface area contributed by atoms with Crippen molar-refractivity contribution >= 4 is 61.5 Å². The number of nitrogens with zero attached hydrogens (tertiary/aromatic N) is 4. The van der Waals surface area contributed by atoms with E-state index in [4.69, 9.17) is 18.5 Å². The van der Waals surface area contributed by atoms with Crippen LogP contribution in [0.2, 0.25) is 0 Å². The lowest BCUT2D eigenvalue weighted by Crippen LogP contribution is -2.50. The Balaban J connectivity index is 1.17. The molecule has 2 aliphatic rings. The summed E-state index contributed by atoms with van der Waals surface area (Å²) >= 11 is 0. The van der Waals surface area contributed by atoms with Crippen LogP contribution in [0.3, 0.4) is 0 Å². The number of amides is 1. The highest BCUT2D eigenvalue weighted by Gasteiger charge is 2.52. The summed E-state index contributed by atoms with van der Waals surface area (Å²) in [5.74, 6) is -1.59. The van der Waals surface area contributed by atoms with Gasteiger partial charge in [0.2, 0.25) is 5.91 Å². The van der Waals surface area contributed by atoms with Crippen molar-refractivity contribution in [2.75, 3.05) is 38.2 Å². The zero-order valence-corrected chi connectivity index (χ0v) is 43.0. The number of benzene rings is 1. The van der Waals surface area contributed by atoms with E-state index in [0.29, 0.717) is 61.4 Å². The molecule has 0 saturated carbocycles. The number of phosphoric ester groups is 1. The zero-order valence-electron chi connectivity index (χ0n) is 42.1. The van der Waals surface area contributed by atoms with E-state index in [1.807, 2.05) is 0 Å². The summed E-state index contributed by atoms with van der Waals surface area (Å²) in [6.45, 7) is 0.216. The van der Waals surface area contributed by atoms with Crippen molar-refractivity contribution in [3.8, 4) is 0 Å². The van der Waals surface area contributed by atoms with E-state index in [2.05, 4.69) is 17.6 Å². The van der Waals surface area contributed by atoms with Crippen LogP contribution in [-0.4, -0.2) is 93.2 Å². The van der Waals surface area contributed by atoms with Gasteiger partial charge >= 0.3 is 26.7 Å². The number of rotatable bonds is 38. The van der Waals surface area contributed by atoms with Crippen LogP contribution in [0.5, 0.6) is 0 Å². The highest BCUT2D eigenvalue weighted by Crippen LogP contribution is 2.43. The minimum absolute atomic E-state index is 0.110. The molecule has 0 radical (unpaired) electrons. The highest BCUT2D eigenvalue weighted by atomic mass is 31.2. The first-order chi connectivity index (χ1) is 34.4. The molecule has 72 heavy (non-hydrogen) atoms. The Kier molecular flexibility index (Phi) is 25.2. The lowest BCUT2D eigenvalue weighted by molar-refractivity contribution is -0.393. The number of hydrogen-bond donors (Lipinski definition) is 3. The molecule has 2 unspecified atom stereocenters. The summed E-state index contributed by atoms with van der Waals surface area (Å²) in [6.07, 6.45) is 21.4. The number of carbonyl (C=O) groups excluding carboxylic acids is 3. The minimum Gasteiger partial charge on any atom is -0.462 e. The van der Waals surface area contributed by atoms with Crippen LogP contribution in [0, 0.1) is 34.1 Å². The average molecular weight is 1030 g/mol. The van der Waals surface area contributed by atoms with Gasteiger partial charge in [-0.2, -0.15) is 0 Å². The quantitative estimate of drug-likeness (QED) is 0.0141. The first-order valence-electron chi connectivity index (χ1n) is 25.6. The van der Waals surface area contributed by atoms with Crippen LogP contribution in [0.25, 0.3) is 6.08 Å².